The molecule has 7 heteroatoms. The van der Waals surface area contributed by atoms with Crippen molar-refractivity contribution in [3.8, 4) is 22.6 Å². The first kappa shape index (κ1) is 30.9. The summed E-state index contributed by atoms with van der Waals surface area (Å²) in [5.41, 5.74) is 8.88. The van der Waals surface area contributed by atoms with Crippen molar-refractivity contribution >= 4 is 50.8 Å². The zero-order valence-electron chi connectivity index (χ0n) is 25.3. The second-order valence-electron chi connectivity index (χ2n) is 11.6. The minimum Gasteiger partial charge on any atom is -0.486 e. The Balaban J connectivity index is 0.000000175. The molecule has 1 radical (unpaired) electrons. The second kappa shape index (κ2) is 12.6. The van der Waals surface area contributed by atoms with E-state index in [1.807, 2.05) is 68.6 Å². The first-order valence-corrected chi connectivity index (χ1v) is 21.7. The van der Waals surface area contributed by atoms with Gasteiger partial charge in [0.1, 0.15) is 0 Å². The van der Waals surface area contributed by atoms with Crippen LogP contribution in [0.25, 0.3) is 55.7 Å². The first-order chi connectivity index (χ1) is 20.2. The number of fused-ring (bicyclic) bond motifs is 4. The quantitative estimate of drug-likeness (QED) is 0.133. The number of aryl methyl sites for hydroxylation is 3. The molecule has 0 saturated carbocycles. The minimum absolute atomic E-state index is 0. The Morgan fingerprint density at radius 2 is 1.67 bits per heavy atom. The summed E-state index contributed by atoms with van der Waals surface area (Å²) >= 11 is -1.80. The van der Waals surface area contributed by atoms with E-state index in [9.17, 15) is 0 Å². The SMILES string of the molecule is CCc1cc(-c2[c-]cccc2)nc[c]1[Ge]([CH3])([CH3])[CH3].Cc1ccc2c(n1)oc1c(-c3nc4ccccc4n3C)[c-]ccc12.[Ir]. The Morgan fingerprint density at radius 1 is 0.884 bits per heavy atom. The van der Waals surface area contributed by atoms with Crippen molar-refractivity contribution in [2.45, 2.75) is 37.5 Å². The summed E-state index contributed by atoms with van der Waals surface area (Å²) in [6.07, 6.45) is 3.19. The molecule has 0 amide bonds. The fraction of sp³-hybridized carbons (Fsp3) is 0.194. The molecule has 4 aromatic heterocycles. The van der Waals surface area contributed by atoms with Gasteiger partial charge in [0, 0.05) is 38.2 Å². The zero-order chi connectivity index (χ0) is 29.4. The van der Waals surface area contributed by atoms with Crippen molar-refractivity contribution in [1.29, 1.82) is 0 Å². The fourth-order valence-corrected chi connectivity index (χ4v) is 8.91. The van der Waals surface area contributed by atoms with Gasteiger partial charge in [-0.25, -0.2) is 4.98 Å². The summed E-state index contributed by atoms with van der Waals surface area (Å²) in [4.78, 5) is 13.9. The van der Waals surface area contributed by atoms with Crippen molar-refractivity contribution in [2.75, 3.05) is 0 Å². The van der Waals surface area contributed by atoms with Gasteiger partial charge in [-0.1, -0.05) is 23.1 Å². The minimum atomic E-state index is -1.80. The Labute approximate surface area is 269 Å². The first-order valence-electron chi connectivity index (χ1n) is 14.3. The second-order valence-corrected chi connectivity index (χ2v) is 22.2. The van der Waals surface area contributed by atoms with Crippen molar-refractivity contribution in [3.63, 3.8) is 0 Å². The van der Waals surface area contributed by atoms with Crippen LogP contribution >= 0.6 is 0 Å². The van der Waals surface area contributed by atoms with Crippen LogP contribution in [-0.2, 0) is 33.6 Å². The number of aromatic nitrogens is 4. The van der Waals surface area contributed by atoms with E-state index in [-0.39, 0.29) is 20.1 Å². The maximum absolute atomic E-state index is 6.07. The maximum atomic E-state index is 6.07. The molecule has 4 heterocycles. The van der Waals surface area contributed by atoms with Gasteiger partial charge in [-0.05, 0) is 31.2 Å². The number of imidazole rings is 1. The van der Waals surface area contributed by atoms with E-state index in [2.05, 4.69) is 81.3 Å². The zero-order valence-corrected chi connectivity index (χ0v) is 29.8. The molecule has 7 rings (SSSR count). The summed E-state index contributed by atoms with van der Waals surface area (Å²) in [5, 5.41) is 2.06. The van der Waals surface area contributed by atoms with Crippen LogP contribution in [0.4, 0.5) is 0 Å². The molecule has 0 aliphatic heterocycles. The summed E-state index contributed by atoms with van der Waals surface area (Å²) in [7, 11) is 2.02. The fourth-order valence-electron chi connectivity index (χ4n) is 5.41. The van der Waals surface area contributed by atoms with Gasteiger partial charge in [0.05, 0.1) is 22.4 Å². The van der Waals surface area contributed by atoms with Crippen LogP contribution in [0.5, 0.6) is 0 Å². The monoisotopic (exact) mass is 805 g/mol. The van der Waals surface area contributed by atoms with Crippen LogP contribution in [0.15, 0.2) is 89.5 Å². The number of rotatable bonds is 4. The Hall–Kier alpha value is -3.58. The molecule has 0 atom stereocenters. The van der Waals surface area contributed by atoms with Gasteiger partial charge in [0.15, 0.2) is 0 Å². The molecule has 0 N–H and O–H groups in total. The normalized spacial score (nSPS) is 11.4. The summed E-state index contributed by atoms with van der Waals surface area (Å²) in [6, 6.07) is 32.9. The van der Waals surface area contributed by atoms with E-state index in [1.165, 1.54) is 9.96 Å². The van der Waals surface area contributed by atoms with Crippen LogP contribution in [0, 0.1) is 19.1 Å². The molecule has 0 spiro atoms. The van der Waals surface area contributed by atoms with Crippen molar-refractivity contribution in [2.24, 2.45) is 7.05 Å². The van der Waals surface area contributed by atoms with Crippen molar-refractivity contribution in [1.82, 2.24) is 19.5 Å². The van der Waals surface area contributed by atoms with Crippen LogP contribution in [-0.4, -0.2) is 32.8 Å². The molecule has 0 aliphatic rings. The van der Waals surface area contributed by atoms with Gasteiger partial charge < -0.3 is 8.98 Å². The number of nitrogens with zero attached hydrogens (tertiary/aromatic N) is 4. The summed E-state index contributed by atoms with van der Waals surface area (Å²) < 4.78 is 9.68. The largest absolute Gasteiger partial charge is 0.486 e. The van der Waals surface area contributed by atoms with Gasteiger partial charge in [-0.15, -0.1) is 18.2 Å². The van der Waals surface area contributed by atoms with Crippen molar-refractivity contribution in [3.05, 3.63) is 108 Å². The smallest absolute Gasteiger partial charge is 0.216 e. The molecule has 3 aromatic carbocycles. The number of hydrogen-bond acceptors (Lipinski definition) is 4. The number of pyridine rings is 2. The number of benzene rings is 3. The molecule has 5 nitrogen and oxygen atoms in total. The average molecular weight is 804 g/mol. The summed E-state index contributed by atoms with van der Waals surface area (Å²) in [5.74, 6) is 8.11. The van der Waals surface area contributed by atoms with E-state index in [1.54, 1.807) is 0 Å². The Bertz CT molecular complexity index is 2040. The molecule has 43 heavy (non-hydrogen) atoms. The molecule has 0 saturated heterocycles. The van der Waals surface area contributed by atoms with E-state index in [4.69, 9.17) is 9.40 Å². The molecule has 0 aliphatic carbocycles. The van der Waals surface area contributed by atoms with E-state index in [0.29, 0.717) is 5.71 Å². The van der Waals surface area contributed by atoms with E-state index < -0.39 is 13.3 Å². The topological polar surface area (TPSA) is 56.7 Å². The van der Waals surface area contributed by atoms with Gasteiger partial charge in [-0.2, -0.15) is 0 Å². The van der Waals surface area contributed by atoms with Crippen LogP contribution < -0.4 is 4.40 Å². The maximum Gasteiger partial charge on any atom is 0.216 e. The average Bonchev–Trinajstić information content (AvgIpc) is 3.54. The van der Waals surface area contributed by atoms with Crippen LogP contribution in [0.3, 0.4) is 0 Å². The van der Waals surface area contributed by atoms with Gasteiger partial charge in [-0.3, -0.25) is 4.98 Å². The molecule has 219 valence electrons. The summed E-state index contributed by atoms with van der Waals surface area (Å²) in [6.45, 7) is 4.19. The molecular weight excluding hydrogens is 769 g/mol. The predicted molar refractivity (Wildman–Crippen MR) is 176 cm³/mol. The van der Waals surface area contributed by atoms with Crippen molar-refractivity contribution < 1.29 is 24.5 Å². The van der Waals surface area contributed by atoms with E-state index in [0.717, 1.165) is 62.1 Å². The predicted octanol–water partition coefficient (Wildman–Crippen LogP) is 8.30. The number of furan rings is 1. The Kier molecular flexibility index (Phi) is 9.02. The Morgan fingerprint density at radius 3 is 2.40 bits per heavy atom. The van der Waals surface area contributed by atoms with Gasteiger partial charge in [0.25, 0.3) is 0 Å². The van der Waals surface area contributed by atoms with Crippen LogP contribution in [0.2, 0.25) is 17.3 Å². The third-order valence-corrected chi connectivity index (χ3v) is 11.9. The number of para-hydroxylation sites is 2. The molecule has 0 unspecified atom stereocenters. The van der Waals surface area contributed by atoms with Crippen LogP contribution in [0.1, 0.15) is 18.2 Å². The third kappa shape index (κ3) is 6.10. The molecule has 0 bridgehead atoms. The van der Waals surface area contributed by atoms with Gasteiger partial charge in [0.2, 0.25) is 5.71 Å². The molecule has 0 fully saturated rings. The standard InChI is InChI=1S/C20H14N3O.C16H20GeN.Ir/c1-12-10-11-14-13-6-5-7-15(18(13)24-20(14)21-12)19-22-16-8-3-4-9-17(16)23(19)2;1-5-13-11-16(14-9-7-6-8-10-14)18-12-15(13)17(2,3)4;/h3-6,8-11H,1-2H3;6-9,11-12H,5H2,1-4H3;/q2*-1;. The third-order valence-electron chi connectivity index (χ3n) is 7.61. The van der Waals surface area contributed by atoms with E-state index >= 15 is 0 Å². The van der Waals surface area contributed by atoms with Gasteiger partial charge >= 0.3 is 113 Å². The number of hydrogen-bond donors (Lipinski definition) is 0. The molecular formula is C36H34GeIrN4O-2. The molecule has 7 aromatic rings.